The molecule has 4 heterocycles. The number of nitrogens with one attached hydrogen (secondary N) is 2. The summed E-state index contributed by atoms with van der Waals surface area (Å²) in [7, 11) is 0. The zero-order valence-corrected chi connectivity index (χ0v) is 16.4. The highest BCUT2D eigenvalue weighted by molar-refractivity contribution is 5.95. The lowest BCUT2D eigenvalue weighted by Gasteiger charge is -2.40. The molecule has 2 N–H and O–H groups in total. The summed E-state index contributed by atoms with van der Waals surface area (Å²) in [5.41, 5.74) is 2.64. The van der Waals surface area contributed by atoms with Gasteiger partial charge in [0.25, 0.3) is 5.91 Å². The SMILES string of the molecule is Cc1nnc2ccc(N3CC(CNC(C)c4ccc5c(c4)NC(=O)CO5)C3)nn12. The Balaban J connectivity index is 1.16. The number of fused-ring (bicyclic) bond motifs is 2. The molecule has 1 atom stereocenters. The van der Waals surface area contributed by atoms with E-state index in [1.165, 1.54) is 0 Å². The number of nitrogens with zero attached hydrogens (tertiary/aromatic N) is 5. The molecule has 5 rings (SSSR count). The maximum Gasteiger partial charge on any atom is 0.262 e. The average molecular weight is 393 g/mol. The van der Waals surface area contributed by atoms with E-state index in [-0.39, 0.29) is 18.6 Å². The standard InChI is InChI=1S/C20H23N7O2/c1-12(15-3-4-17-16(7-15)22-20(28)11-29-17)21-8-14-9-26(10-14)19-6-5-18-24-23-13(2)27(18)25-19/h3-7,12,14,21H,8-11H2,1-2H3,(H,22,28). The average Bonchev–Trinajstić information content (AvgIpc) is 3.06. The minimum absolute atomic E-state index is 0.0804. The molecule has 29 heavy (non-hydrogen) atoms. The lowest BCUT2D eigenvalue weighted by molar-refractivity contribution is -0.118. The van der Waals surface area contributed by atoms with Crippen molar-refractivity contribution < 1.29 is 9.53 Å². The predicted octanol–water partition coefficient (Wildman–Crippen LogP) is 1.55. The van der Waals surface area contributed by atoms with E-state index in [0.717, 1.165) is 53.9 Å². The quantitative estimate of drug-likeness (QED) is 0.679. The van der Waals surface area contributed by atoms with Gasteiger partial charge in [-0.2, -0.15) is 4.52 Å². The highest BCUT2D eigenvalue weighted by Gasteiger charge is 2.28. The van der Waals surface area contributed by atoms with Gasteiger partial charge in [0.1, 0.15) is 11.6 Å². The third-order valence-corrected chi connectivity index (χ3v) is 5.53. The van der Waals surface area contributed by atoms with Gasteiger partial charge in [0.15, 0.2) is 18.1 Å². The number of carbonyl (C=O) groups is 1. The van der Waals surface area contributed by atoms with Crippen LogP contribution < -0.4 is 20.3 Å². The first-order chi connectivity index (χ1) is 14.1. The Kier molecular flexibility index (Phi) is 4.31. The second-order valence-electron chi connectivity index (χ2n) is 7.70. The normalized spacial score (nSPS) is 17.4. The van der Waals surface area contributed by atoms with Gasteiger partial charge in [0, 0.05) is 31.6 Å². The Hall–Kier alpha value is -3.20. The van der Waals surface area contributed by atoms with Gasteiger partial charge in [-0.1, -0.05) is 6.07 Å². The molecule has 2 aliphatic heterocycles. The fourth-order valence-corrected chi connectivity index (χ4v) is 3.77. The molecule has 0 radical (unpaired) electrons. The van der Waals surface area contributed by atoms with Crippen molar-refractivity contribution in [2.24, 2.45) is 5.92 Å². The third-order valence-electron chi connectivity index (χ3n) is 5.53. The molecule has 1 amide bonds. The number of ether oxygens (including phenoxy) is 1. The van der Waals surface area contributed by atoms with Crippen LogP contribution in [-0.4, -0.2) is 52.0 Å². The minimum Gasteiger partial charge on any atom is -0.482 e. The summed E-state index contributed by atoms with van der Waals surface area (Å²) in [6.45, 7) is 6.97. The Morgan fingerprint density at radius 2 is 2.14 bits per heavy atom. The van der Waals surface area contributed by atoms with E-state index in [9.17, 15) is 4.79 Å². The number of hydrogen-bond acceptors (Lipinski definition) is 7. The number of rotatable bonds is 5. The molecule has 0 bridgehead atoms. The van der Waals surface area contributed by atoms with Gasteiger partial charge in [0.05, 0.1) is 5.69 Å². The number of benzene rings is 1. The number of anilines is 2. The maximum absolute atomic E-state index is 11.5. The number of aryl methyl sites for hydroxylation is 1. The van der Waals surface area contributed by atoms with Crippen LogP contribution in [0.3, 0.4) is 0 Å². The number of hydrogen-bond donors (Lipinski definition) is 2. The van der Waals surface area contributed by atoms with Crippen molar-refractivity contribution in [2.75, 3.05) is 36.5 Å². The van der Waals surface area contributed by atoms with E-state index >= 15 is 0 Å². The number of carbonyl (C=O) groups excluding carboxylic acids is 1. The molecule has 1 aromatic carbocycles. The number of aromatic nitrogens is 4. The summed E-state index contributed by atoms with van der Waals surface area (Å²) in [6.07, 6.45) is 0. The Labute approximate surface area is 168 Å². The van der Waals surface area contributed by atoms with E-state index in [1.54, 1.807) is 4.52 Å². The van der Waals surface area contributed by atoms with Crippen LogP contribution in [0.5, 0.6) is 5.75 Å². The summed E-state index contributed by atoms with van der Waals surface area (Å²) in [6, 6.07) is 10.1. The Bertz CT molecular complexity index is 1070. The maximum atomic E-state index is 11.5. The first kappa shape index (κ1) is 17.9. The summed E-state index contributed by atoms with van der Waals surface area (Å²) < 4.78 is 7.20. The van der Waals surface area contributed by atoms with Crippen molar-refractivity contribution in [3.63, 3.8) is 0 Å². The monoisotopic (exact) mass is 393 g/mol. The first-order valence-corrected chi connectivity index (χ1v) is 9.81. The summed E-state index contributed by atoms with van der Waals surface area (Å²) in [4.78, 5) is 13.8. The van der Waals surface area contributed by atoms with Gasteiger partial charge < -0.3 is 20.3 Å². The van der Waals surface area contributed by atoms with Crippen LogP contribution in [0.15, 0.2) is 30.3 Å². The van der Waals surface area contributed by atoms with Crippen molar-refractivity contribution in [2.45, 2.75) is 19.9 Å². The lowest BCUT2D eigenvalue weighted by atomic mass is 9.99. The zero-order valence-electron chi connectivity index (χ0n) is 16.4. The van der Waals surface area contributed by atoms with Gasteiger partial charge in [-0.25, -0.2) is 0 Å². The molecular weight excluding hydrogens is 370 g/mol. The van der Waals surface area contributed by atoms with Gasteiger partial charge in [0.2, 0.25) is 0 Å². The van der Waals surface area contributed by atoms with Crippen LogP contribution in [0.1, 0.15) is 24.4 Å². The molecule has 9 heteroatoms. The Morgan fingerprint density at radius 3 is 3.00 bits per heavy atom. The van der Waals surface area contributed by atoms with Crippen LogP contribution in [0.2, 0.25) is 0 Å². The van der Waals surface area contributed by atoms with Crippen molar-refractivity contribution in [1.82, 2.24) is 25.1 Å². The summed E-state index contributed by atoms with van der Waals surface area (Å²) in [5, 5.41) is 19.2. The van der Waals surface area contributed by atoms with Gasteiger partial charge in [-0.15, -0.1) is 15.3 Å². The predicted molar refractivity (Wildman–Crippen MR) is 108 cm³/mol. The minimum atomic E-state index is -0.113. The molecule has 3 aromatic rings. The third kappa shape index (κ3) is 3.38. The first-order valence-electron chi connectivity index (χ1n) is 9.81. The topological polar surface area (TPSA) is 96.7 Å². The van der Waals surface area contributed by atoms with Gasteiger partial charge >= 0.3 is 0 Å². The van der Waals surface area contributed by atoms with Crippen LogP contribution in [0, 0.1) is 12.8 Å². The molecule has 1 unspecified atom stereocenters. The van der Waals surface area contributed by atoms with E-state index in [1.807, 2.05) is 37.3 Å². The van der Waals surface area contributed by atoms with Crippen LogP contribution in [0.4, 0.5) is 11.5 Å². The van der Waals surface area contributed by atoms with Crippen molar-refractivity contribution in [3.05, 3.63) is 41.7 Å². The van der Waals surface area contributed by atoms with E-state index in [0.29, 0.717) is 5.92 Å². The van der Waals surface area contributed by atoms with Crippen LogP contribution in [0.25, 0.3) is 5.65 Å². The highest BCUT2D eigenvalue weighted by Crippen LogP contribution is 2.31. The molecular formula is C20H23N7O2. The number of amides is 1. The lowest BCUT2D eigenvalue weighted by Crippen LogP contribution is -2.51. The fourth-order valence-electron chi connectivity index (χ4n) is 3.77. The van der Waals surface area contributed by atoms with Crippen LogP contribution >= 0.6 is 0 Å². The van der Waals surface area contributed by atoms with Crippen LogP contribution in [-0.2, 0) is 4.79 Å². The van der Waals surface area contributed by atoms with Crippen molar-refractivity contribution >= 4 is 23.1 Å². The second kappa shape index (κ2) is 7.00. The fraction of sp³-hybridized carbons (Fsp3) is 0.400. The van der Waals surface area contributed by atoms with Crippen molar-refractivity contribution in [3.8, 4) is 5.75 Å². The van der Waals surface area contributed by atoms with E-state index in [2.05, 4.69) is 37.8 Å². The largest absolute Gasteiger partial charge is 0.482 e. The molecule has 0 saturated carbocycles. The molecule has 1 fully saturated rings. The van der Waals surface area contributed by atoms with Gasteiger partial charge in [-0.3, -0.25) is 4.79 Å². The zero-order chi connectivity index (χ0) is 20.0. The van der Waals surface area contributed by atoms with Gasteiger partial charge in [-0.05, 0) is 43.7 Å². The second-order valence-corrected chi connectivity index (χ2v) is 7.70. The molecule has 1 saturated heterocycles. The molecule has 150 valence electrons. The summed E-state index contributed by atoms with van der Waals surface area (Å²) in [5.74, 6) is 2.93. The molecule has 2 aliphatic rings. The molecule has 0 spiro atoms. The Morgan fingerprint density at radius 1 is 1.28 bits per heavy atom. The summed E-state index contributed by atoms with van der Waals surface area (Å²) >= 11 is 0. The molecule has 9 nitrogen and oxygen atoms in total. The highest BCUT2D eigenvalue weighted by atomic mass is 16.5. The van der Waals surface area contributed by atoms with Crippen molar-refractivity contribution in [1.29, 1.82) is 0 Å². The van der Waals surface area contributed by atoms with E-state index in [4.69, 9.17) is 4.74 Å². The molecule has 2 aromatic heterocycles. The molecule has 0 aliphatic carbocycles. The smallest absolute Gasteiger partial charge is 0.262 e. The van der Waals surface area contributed by atoms with E-state index < -0.39 is 0 Å².